The average molecular weight is 407 g/mol. The van der Waals surface area contributed by atoms with Crippen molar-refractivity contribution in [1.29, 1.82) is 0 Å². The molecule has 6 nitrogen and oxygen atoms in total. The molecule has 1 saturated heterocycles. The van der Waals surface area contributed by atoms with E-state index in [4.69, 9.17) is 0 Å². The lowest BCUT2D eigenvalue weighted by molar-refractivity contribution is -0.139. The summed E-state index contributed by atoms with van der Waals surface area (Å²) in [4.78, 5) is 29.3. The molecule has 0 unspecified atom stereocenters. The van der Waals surface area contributed by atoms with Gasteiger partial charge in [0.15, 0.2) is 0 Å². The zero-order valence-electron chi connectivity index (χ0n) is 17.6. The SMILES string of the molecule is CN1CCc2cc([C@H](CNC(=O)C(=O)NCc3ccccc3)N3CCCC3)ccc21. The lowest BCUT2D eigenvalue weighted by atomic mass is 10.0. The predicted octanol–water partition coefficient (Wildman–Crippen LogP) is 2.25. The number of likely N-dealkylation sites (N-methyl/N-ethyl adjacent to an activating group) is 1. The number of carbonyl (C=O) groups excluding carboxylic acids is 2. The second kappa shape index (κ2) is 9.30. The van der Waals surface area contributed by atoms with Crippen LogP contribution in [0.3, 0.4) is 0 Å². The van der Waals surface area contributed by atoms with Crippen molar-refractivity contribution in [1.82, 2.24) is 15.5 Å². The van der Waals surface area contributed by atoms with Gasteiger partial charge in [0.1, 0.15) is 0 Å². The fraction of sp³-hybridized carbons (Fsp3) is 0.417. The molecule has 2 aliphatic rings. The number of hydrogen-bond acceptors (Lipinski definition) is 4. The van der Waals surface area contributed by atoms with Crippen LogP contribution in [-0.2, 0) is 22.6 Å². The lowest BCUT2D eigenvalue weighted by Gasteiger charge is -2.28. The first-order valence-corrected chi connectivity index (χ1v) is 10.8. The number of likely N-dealkylation sites (tertiary alicyclic amines) is 1. The van der Waals surface area contributed by atoms with Crippen LogP contribution >= 0.6 is 0 Å². The predicted molar refractivity (Wildman–Crippen MR) is 118 cm³/mol. The Kier molecular flexibility index (Phi) is 6.33. The first kappa shape index (κ1) is 20.4. The van der Waals surface area contributed by atoms with Crippen molar-refractivity contribution in [3.63, 3.8) is 0 Å². The Balaban J connectivity index is 1.39. The molecule has 2 N–H and O–H groups in total. The van der Waals surface area contributed by atoms with E-state index in [9.17, 15) is 9.59 Å². The molecule has 4 rings (SSSR count). The molecule has 30 heavy (non-hydrogen) atoms. The van der Waals surface area contributed by atoms with Crippen LogP contribution in [0.4, 0.5) is 5.69 Å². The van der Waals surface area contributed by atoms with Crippen LogP contribution in [0.15, 0.2) is 48.5 Å². The molecule has 6 heteroatoms. The van der Waals surface area contributed by atoms with Crippen LogP contribution in [0.2, 0.25) is 0 Å². The standard InChI is InChI=1S/C24H30N4O2/c1-27-14-11-20-15-19(9-10-21(20)27)22(28-12-5-6-13-28)17-26-24(30)23(29)25-16-18-7-3-2-4-8-18/h2-4,7-10,15,22H,5-6,11-14,16-17H2,1H3,(H,25,29)(H,26,30)/t22-/m0/s1. The summed E-state index contributed by atoms with van der Waals surface area (Å²) in [6.07, 6.45) is 3.41. The van der Waals surface area contributed by atoms with E-state index in [1.165, 1.54) is 29.7 Å². The van der Waals surface area contributed by atoms with Gasteiger partial charge in [0.25, 0.3) is 0 Å². The fourth-order valence-corrected chi connectivity index (χ4v) is 4.43. The highest BCUT2D eigenvalue weighted by Gasteiger charge is 2.26. The monoisotopic (exact) mass is 406 g/mol. The van der Waals surface area contributed by atoms with E-state index in [1.54, 1.807) is 0 Å². The van der Waals surface area contributed by atoms with Crippen molar-refractivity contribution >= 4 is 17.5 Å². The van der Waals surface area contributed by atoms with Gasteiger partial charge in [-0.05, 0) is 55.1 Å². The van der Waals surface area contributed by atoms with Gasteiger partial charge in [-0.25, -0.2) is 0 Å². The number of hydrogen-bond donors (Lipinski definition) is 2. The third kappa shape index (κ3) is 4.65. The summed E-state index contributed by atoms with van der Waals surface area (Å²) in [5.74, 6) is -1.16. The van der Waals surface area contributed by atoms with Crippen molar-refractivity contribution in [3.05, 3.63) is 65.2 Å². The molecule has 0 bridgehead atoms. The van der Waals surface area contributed by atoms with E-state index < -0.39 is 11.8 Å². The molecule has 2 heterocycles. The van der Waals surface area contributed by atoms with Crippen LogP contribution in [0.5, 0.6) is 0 Å². The van der Waals surface area contributed by atoms with Crippen LogP contribution < -0.4 is 15.5 Å². The molecule has 1 fully saturated rings. The average Bonchev–Trinajstić information content (AvgIpc) is 3.43. The minimum absolute atomic E-state index is 0.0922. The van der Waals surface area contributed by atoms with Crippen molar-refractivity contribution < 1.29 is 9.59 Å². The van der Waals surface area contributed by atoms with Crippen molar-refractivity contribution in [3.8, 4) is 0 Å². The molecular formula is C24H30N4O2. The van der Waals surface area contributed by atoms with E-state index in [0.29, 0.717) is 13.1 Å². The normalized spacial score (nSPS) is 16.9. The van der Waals surface area contributed by atoms with Gasteiger partial charge in [0, 0.05) is 32.4 Å². The molecule has 0 saturated carbocycles. The first-order valence-electron chi connectivity index (χ1n) is 10.8. The van der Waals surface area contributed by atoms with E-state index in [-0.39, 0.29) is 6.04 Å². The number of fused-ring (bicyclic) bond motifs is 1. The molecule has 0 radical (unpaired) electrons. The molecule has 158 valence electrons. The third-order valence-electron chi connectivity index (χ3n) is 6.16. The number of rotatable bonds is 6. The molecule has 1 atom stereocenters. The lowest BCUT2D eigenvalue weighted by Crippen LogP contribution is -2.43. The van der Waals surface area contributed by atoms with Crippen molar-refractivity contribution in [2.45, 2.75) is 31.8 Å². The summed E-state index contributed by atoms with van der Waals surface area (Å²) in [6.45, 7) is 3.88. The number of amides is 2. The maximum absolute atomic E-state index is 12.4. The number of carbonyl (C=O) groups is 2. The highest BCUT2D eigenvalue weighted by atomic mass is 16.2. The maximum atomic E-state index is 12.4. The van der Waals surface area contributed by atoms with Gasteiger partial charge >= 0.3 is 11.8 Å². The van der Waals surface area contributed by atoms with E-state index in [0.717, 1.165) is 31.6 Å². The summed E-state index contributed by atoms with van der Waals surface area (Å²) in [5, 5.41) is 5.57. The van der Waals surface area contributed by atoms with Crippen LogP contribution in [0.1, 0.15) is 35.6 Å². The summed E-state index contributed by atoms with van der Waals surface area (Å²) in [5.41, 5.74) is 4.85. The largest absolute Gasteiger partial charge is 0.374 e. The van der Waals surface area contributed by atoms with Gasteiger partial charge in [-0.2, -0.15) is 0 Å². The van der Waals surface area contributed by atoms with Gasteiger partial charge in [-0.15, -0.1) is 0 Å². The van der Waals surface area contributed by atoms with Gasteiger partial charge < -0.3 is 15.5 Å². The summed E-state index contributed by atoms with van der Waals surface area (Å²) in [6, 6.07) is 16.3. The zero-order chi connectivity index (χ0) is 20.9. The fourth-order valence-electron chi connectivity index (χ4n) is 4.43. The van der Waals surface area contributed by atoms with Crippen LogP contribution in [0, 0.1) is 0 Å². The van der Waals surface area contributed by atoms with Gasteiger partial charge in [0.05, 0.1) is 6.04 Å². The van der Waals surface area contributed by atoms with Crippen LogP contribution in [0.25, 0.3) is 0 Å². The Bertz CT molecular complexity index is 893. The van der Waals surface area contributed by atoms with E-state index in [1.807, 2.05) is 30.3 Å². The Hall–Kier alpha value is -2.86. The summed E-state index contributed by atoms with van der Waals surface area (Å²) in [7, 11) is 2.12. The first-order chi connectivity index (χ1) is 14.6. The minimum atomic E-state index is -0.588. The Labute approximate surface area is 178 Å². The van der Waals surface area contributed by atoms with Crippen LogP contribution in [-0.4, -0.2) is 49.9 Å². The zero-order valence-corrected chi connectivity index (χ0v) is 17.6. The highest BCUT2D eigenvalue weighted by molar-refractivity contribution is 6.35. The number of anilines is 1. The highest BCUT2D eigenvalue weighted by Crippen LogP contribution is 2.32. The summed E-state index contributed by atoms with van der Waals surface area (Å²) < 4.78 is 0. The van der Waals surface area contributed by atoms with Gasteiger partial charge in [-0.3, -0.25) is 14.5 Å². The van der Waals surface area contributed by atoms with E-state index in [2.05, 4.69) is 45.7 Å². The quantitative estimate of drug-likeness (QED) is 0.723. The molecule has 2 aromatic rings. The van der Waals surface area contributed by atoms with Crippen molar-refractivity contribution in [2.24, 2.45) is 0 Å². The summed E-state index contributed by atoms with van der Waals surface area (Å²) >= 11 is 0. The number of nitrogens with one attached hydrogen (secondary N) is 2. The molecule has 0 spiro atoms. The molecule has 0 aromatic heterocycles. The second-order valence-corrected chi connectivity index (χ2v) is 8.20. The number of benzene rings is 2. The van der Waals surface area contributed by atoms with E-state index >= 15 is 0 Å². The Morgan fingerprint density at radius 1 is 0.967 bits per heavy atom. The smallest absolute Gasteiger partial charge is 0.309 e. The Morgan fingerprint density at radius 3 is 2.47 bits per heavy atom. The molecular weight excluding hydrogens is 376 g/mol. The second-order valence-electron chi connectivity index (χ2n) is 8.20. The minimum Gasteiger partial charge on any atom is -0.374 e. The molecule has 2 aromatic carbocycles. The topological polar surface area (TPSA) is 64.7 Å². The van der Waals surface area contributed by atoms with Gasteiger partial charge in [0.2, 0.25) is 0 Å². The van der Waals surface area contributed by atoms with Gasteiger partial charge in [-0.1, -0.05) is 42.5 Å². The van der Waals surface area contributed by atoms with Crippen molar-refractivity contribution in [2.75, 3.05) is 38.1 Å². The number of nitrogens with zero attached hydrogens (tertiary/aromatic N) is 2. The maximum Gasteiger partial charge on any atom is 0.309 e. The third-order valence-corrected chi connectivity index (χ3v) is 6.16. The molecule has 2 aliphatic heterocycles. The molecule has 2 amide bonds. The Morgan fingerprint density at radius 2 is 1.70 bits per heavy atom. The molecule has 0 aliphatic carbocycles.